The highest BCUT2D eigenvalue weighted by atomic mass is 16.6. The number of hydrogen-bond acceptors (Lipinski definition) is 3. The van der Waals surface area contributed by atoms with Crippen molar-refractivity contribution in [2.45, 2.75) is 12.5 Å². The monoisotopic (exact) mass is 231 g/mol. The largest absolute Gasteiger partial charge is 0.337 e. The Balaban J connectivity index is 2.26. The Morgan fingerprint density at radius 1 is 1.41 bits per heavy atom. The predicted octanol–water partition coefficient (Wildman–Crippen LogP) is 1.98. The Kier molecular flexibility index (Phi) is 3.18. The molecule has 0 aliphatic carbocycles. The molecular weight excluding hydrogens is 218 g/mol. The van der Waals surface area contributed by atoms with Crippen LogP contribution in [0.15, 0.2) is 42.9 Å². The molecule has 0 radical (unpaired) electrons. The molecule has 1 unspecified atom stereocenters. The highest BCUT2D eigenvalue weighted by Crippen LogP contribution is 2.20. The van der Waals surface area contributed by atoms with Crippen molar-refractivity contribution in [3.05, 3.63) is 64.2 Å². The standard InChI is InChI=1S/C12H13N3O2/c1-14-9-13-8-11(14)7-12(15(16)17)10-5-3-2-4-6-10/h2-6,8-9,12H,7H2,1H3. The van der Waals surface area contributed by atoms with Crippen LogP contribution in [0.5, 0.6) is 0 Å². The van der Waals surface area contributed by atoms with Gasteiger partial charge in [0.1, 0.15) is 0 Å². The van der Waals surface area contributed by atoms with Gasteiger partial charge in [0, 0.05) is 29.4 Å². The van der Waals surface area contributed by atoms with Crippen LogP contribution < -0.4 is 0 Å². The first-order valence-corrected chi connectivity index (χ1v) is 5.32. The van der Waals surface area contributed by atoms with Crippen LogP contribution in [0, 0.1) is 10.1 Å². The molecule has 1 atom stereocenters. The van der Waals surface area contributed by atoms with Crippen molar-refractivity contribution < 1.29 is 4.92 Å². The molecule has 5 heteroatoms. The third-order valence-electron chi connectivity index (χ3n) is 2.76. The maximum absolute atomic E-state index is 11.1. The van der Waals surface area contributed by atoms with Crippen molar-refractivity contribution in [1.82, 2.24) is 9.55 Å². The van der Waals surface area contributed by atoms with Crippen molar-refractivity contribution in [2.75, 3.05) is 0 Å². The third kappa shape index (κ3) is 2.50. The van der Waals surface area contributed by atoms with Crippen molar-refractivity contribution in [3.63, 3.8) is 0 Å². The Bertz CT molecular complexity index is 507. The Morgan fingerprint density at radius 2 is 2.12 bits per heavy atom. The lowest BCUT2D eigenvalue weighted by Gasteiger charge is -2.09. The highest BCUT2D eigenvalue weighted by Gasteiger charge is 2.24. The molecule has 0 saturated heterocycles. The molecule has 0 N–H and O–H groups in total. The lowest BCUT2D eigenvalue weighted by molar-refractivity contribution is -0.528. The van der Waals surface area contributed by atoms with Crippen molar-refractivity contribution in [1.29, 1.82) is 0 Å². The highest BCUT2D eigenvalue weighted by molar-refractivity contribution is 5.19. The van der Waals surface area contributed by atoms with Gasteiger partial charge in [-0.15, -0.1) is 0 Å². The van der Waals surface area contributed by atoms with Gasteiger partial charge in [-0.25, -0.2) is 4.98 Å². The minimum Gasteiger partial charge on any atom is -0.337 e. The molecule has 1 heterocycles. The Morgan fingerprint density at radius 3 is 2.65 bits per heavy atom. The SMILES string of the molecule is Cn1cncc1CC(c1ccccc1)[N+](=O)[O-]. The molecule has 2 aromatic rings. The molecule has 17 heavy (non-hydrogen) atoms. The molecule has 0 fully saturated rings. The van der Waals surface area contributed by atoms with Gasteiger partial charge in [-0.3, -0.25) is 10.1 Å². The van der Waals surface area contributed by atoms with Gasteiger partial charge in [-0.1, -0.05) is 30.3 Å². The molecule has 2 rings (SSSR count). The fraction of sp³-hybridized carbons (Fsp3) is 0.250. The summed E-state index contributed by atoms with van der Waals surface area (Å²) in [5.41, 5.74) is 1.58. The van der Waals surface area contributed by atoms with E-state index in [1.54, 1.807) is 29.2 Å². The van der Waals surface area contributed by atoms with E-state index in [0.717, 1.165) is 11.3 Å². The molecule has 1 aromatic carbocycles. The summed E-state index contributed by atoms with van der Waals surface area (Å²) >= 11 is 0. The van der Waals surface area contributed by atoms with Gasteiger partial charge < -0.3 is 4.57 Å². The lowest BCUT2D eigenvalue weighted by Crippen LogP contribution is -2.14. The summed E-state index contributed by atoms with van der Waals surface area (Å²) < 4.78 is 1.80. The fourth-order valence-corrected chi connectivity index (χ4v) is 1.77. The quantitative estimate of drug-likeness (QED) is 0.597. The van der Waals surface area contributed by atoms with Crippen LogP contribution in [0.25, 0.3) is 0 Å². The van der Waals surface area contributed by atoms with Crippen molar-refractivity contribution in [3.8, 4) is 0 Å². The molecule has 0 aliphatic heterocycles. The van der Waals surface area contributed by atoms with Gasteiger partial charge in [0.05, 0.1) is 12.7 Å². The van der Waals surface area contributed by atoms with Crippen LogP contribution in [-0.4, -0.2) is 14.5 Å². The van der Waals surface area contributed by atoms with E-state index in [2.05, 4.69) is 4.98 Å². The normalized spacial score (nSPS) is 12.3. The number of nitrogens with zero attached hydrogens (tertiary/aromatic N) is 3. The van der Waals surface area contributed by atoms with E-state index in [1.165, 1.54) is 0 Å². The van der Waals surface area contributed by atoms with E-state index < -0.39 is 6.04 Å². The van der Waals surface area contributed by atoms with Crippen LogP contribution in [0.4, 0.5) is 0 Å². The van der Waals surface area contributed by atoms with Gasteiger partial charge in [0.15, 0.2) is 0 Å². The smallest absolute Gasteiger partial charge is 0.243 e. The summed E-state index contributed by atoms with van der Waals surface area (Å²) in [4.78, 5) is 14.8. The van der Waals surface area contributed by atoms with Gasteiger partial charge >= 0.3 is 0 Å². The zero-order chi connectivity index (χ0) is 12.3. The van der Waals surface area contributed by atoms with E-state index >= 15 is 0 Å². The van der Waals surface area contributed by atoms with Crippen LogP contribution in [0.2, 0.25) is 0 Å². The maximum atomic E-state index is 11.1. The molecule has 1 aromatic heterocycles. The van der Waals surface area contributed by atoms with Crippen LogP contribution in [0.1, 0.15) is 17.3 Å². The average Bonchev–Trinajstić information content (AvgIpc) is 2.72. The molecule has 0 saturated carbocycles. The van der Waals surface area contributed by atoms with E-state index in [-0.39, 0.29) is 4.92 Å². The number of aryl methyl sites for hydroxylation is 1. The van der Waals surface area contributed by atoms with Crippen LogP contribution >= 0.6 is 0 Å². The molecule has 0 bridgehead atoms. The van der Waals surface area contributed by atoms with E-state index in [1.807, 2.05) is 25.2 Å². The van der Waals surface area contributed by atoms with E-state index in [4.69, 9.17) is 0 Å². The predicted molar refractivity (Wildman–Crippen MR) is 63.1 cm³/mol. The lowest BCUT2D eigenvalue weighted by atomic mass is 10.0. The molecule has 0 aliphatic rings. The molecule has 5 nitrogen and oxygen atoms in total. The average molecular weight is 231 g/mol. The molecule has 88 valence electrons. The molecular formula is C12H13N3O2. The summed E-state index contributed by atoms with van der Waals surface area (Å²) in [5, 5.41) is 11.1. The van der Waals surface area contributed by atoms with E-state index in [0.29, 0.717) is 6.42 Å². The first-order valence-electron chi connectivity index (χ1n) is 5.32. The second-order valence-corrected chi connectivity index (χ2v) is 3.91. The molecule has 0 amide bonds. The summed E-state index contributed by atoms with van der Waals surface area (Å²) in [5.74, 6) is 0. The zero-order valence-electron chi connectivity index (χ0n) is 9.48. The van der Waals surface area contributed by atoms with Gasteiger partial charge in [-0.05, 0) is 0 Å². The summed E-state index contributed by atoms with van der Waals surface area (Å²) in [6.07, 6.45) is 3.67. The maximum Gasteiger partial charge on any atom is 0.243 e. The molecule has 0 spiro atoms. The number of imidazole rings is 1. The second kappa shape index (κ2) is 4.78. The number of rotatable bonds is 4. The summed E-state index contributed by atoms with van der Waals surface area (Å²) in [6.45, 7) is 0. The second-order valence-electron chi connectivity index (χ2n) is 3.91. The zero-order valence-corrected chi connectivity index (χ0v) is 9.48. The number of benzene rings is 1. The van der Waals surface area contributed by atoms with Crippen LogP contribution in [-0.2, 0) is 13.5 Å². The minimum atomic E-state index is -0.716. The number of hydrogen-bond donors (Lipinski definition) is 0. The van der Waals surface area contributed by atoms with Gasteiger partial charge in [-0.2, -0.15) is 0 Å². The third-order valence-corrected chi connectivity index (χ3v) is 2.76. The first kappa shape index (κ1) is 11.3. The van der Waals surface area contributed by atoms with Crippen molar-refractivity contribution in [2.24, 2.45) is 7.05 Å². The number of aromatic nitrogens is 2. The van der Waals surface area contributed by atoms with Gasteiger partial charge in [0.2, 0.25) is 6.04 Å². The first-order chi connectivity index (χ1) is 8.18. The Labute approximate surface area is 98.9 Å². The Hall–Kier alpha value is -2.17. The summed E-state index contributed by atoms with van der Waals surface area (Å²) in [7, 11) is 1.84. The summed E-state index contributed by atoms with van der Waals surface area (Å²) in [6, 6.07) is 8.33. The minimum absolute atomic E-state index is 0.248. The van der Waals surface area contributed by atoms with Crippen molar-refractivity contribution >= 4 is 0 Å². The van der Waals surface area contributed by atoms with Crippen LogP contribution in [0.3, 0.4) is 0 Å². The van der Waals surface area contributed by atoms with Gasteiger partial charge in [0.25, 0.3) is 0 Å². The number of nitro groups is 1. The topological polar surface area (TPSA) is 61.0 Å². The van der Waals surface area contributed by atoms with E-state index in [9.17, 15) is 10.1 Å². The fourth-order valence-electron chi connectivity index (χ4n) is 1.77.